The quantitative estimate of drug-likeness (QED) is 0.288. The highest BCUT2D eigenvalue weighted by molar-refractivity contribution is 6.14. The van der Waals surface area contributed by atoms with Crippen molar-refractivity contribution in [1.29, 1.82) is 0 Å². The second kappa shape index (κ2) is 0.999. The Labute approximate surface area is 39.7 Å². The van der Waals surface area contributed by atoms with Gasteiger partial charge < -0.3 is 4.90 Å². The van der Waals surface area contributed by atoms with Crippen LogP contribution in [0, 0.1) is 0 Å². The lowest BCUT2D eigenvalue weighted by Gasteiger charge is -1.78. The van der Waals surface area contributed by atoms with Gasteiger partial charge >= 0.3 is 0 Å². The molecule has 0 N–H and O–H groups in total. The first kappa shape index (κ1) is 4.19. The second-order valence-corrected chi connectivity index (χ2v) is 1.90. The summed E-state index contributed by atoms with van der Waals surface area (Å²) < 4.78 is 0. The Hall–Kier alpha value is 0.0249. The molecule has 1 aliphatic heterocycles. The van der Waals surface area contributed by atoms with Crippen molar-refractivity contribution in [3.05, 3.63) is 0 Å². The van der Waals surface area contributed by atoms with Crippen LogP contribution in [0.1, 0.15) is 6.92 Å². The van der Waals surface area contributed by atoms with Gasteiger partial charge in [-0.3, -0.25) is 0 Å². The minimum absolute atomic E-state index is 0.352. The maximum absolute atomic E-state index is 5.44. The van der Waals surface area contributed by atoms with Crippen molar-refractivity contribution in [2.45, 2.75) is 18.9 Å². The van der Waals surface area contributed by atoms with Gasteiger partial charge in [-0.2, -0.15) is 0 Å². The Morgan fingerprint density at radius 3 is 1.83 bits per heavy atom. The van der Waals surface area contributed by atoms with E-state index in [9.17, 15) is 0 Å². The minimum Gasteiger partial charge on any atom is -0.307 e. The normalized spacial score (nSPS) is 55.3. The summed E-state index contributed by atoms with van der Waals surface area (Å²) in [5.41, 5.74) is 0. The molecular weight excluding hydrogens is 72.9 g/mol. The van der Waals surface area contributed by atoms with Crippen LogP contribution >= 0.6 is 0 Å². The third kappa shape index (κ3) is 0.366. The molecule has 1 aliphatic rings. The highest BCUT2D eigenvalue weighted by Crippen LogP contribution is 2.19. The Bertz CT molecular complexity index is 44.3. The van der Waals surface area contributed by atoms with Gasteiger partial charge in [0.25, 0.3) is 0 Å². The van der Waals surface area contributed by atoms with E-state index in [1.807, 2.05) is 7.05 Å². The van der Waals surface area contributed by atoms with E-state index in [1.165, 1.54) is 0 Å². The zero-order valence-corrected chi connectivity index (χ0v) is 4.18. The summed E-state index contributed by atoms with van der Waals surface area (Å²) in [7, 11) is 7.46. The van der Waals surface area contributed by atoms with Gasteiger partial charge in [-0.25, -0.2) is 0 Å². The molecule has 6 heavy (non-hydrogen) atoms. The van der Waals surface area contributed by atoms with Crippen LogP contribution in [0.5, 0.6) is 0 Å². The number of hydrogen-bond acceptors (Lipinski definition) is 1. The molecule has 2 heteroatoms. The topological polar surface area (TPSA) is 3.01 Å². The van der Waals surface area contributed by atoms with Crippen LogP contribution in [0.2, 0.25) is 0 Å². The Kier molecular flexibility index (Phi) is 0.698. The molecule has 0 bridgehead atoms. The molecule has 1 saturated heterocycles. The van der Waals surface area contributed by atoms with Crippen LogP contribution in [0.25, 0.3) is 0 Å². The highest BCUT2D eigenvalue weighted by atomic mass is 15.3. The molecule has 3 atom stereocenters. The lowest BCUT2D eigenvalue weighted by molar-refractivity contribution is 0.628. The van der Waals surface area contributed by atoms with Crippen LogP contribution in [-0.2, 0) is 0 Å². The molecular formula is C4H8BN. The Balaban J connectivity index is 2.31. The molecule has 1 rings (SSSR count). The fourth-order valence-corrected chi connectivity index (χ4v) is 0.524. The maximum Gasteiger partial charge on any atom is 0.0931 e. The van der Waals surface area contributed by atoms with Crippen molar-refractivity contribution in [3.63, 3.8) is 0 Å². The van der Waals surface area contributed by atoms with Crippen LogP contribution in [0.4, 0.5) is 0 Å². The van der Waals surface area contributed by atoms with Crippen molar-refractivity contribution >= 4 is 7.85 Å². The predicted octanol–water partition coefficient (Wildman–Crippen LogP) is -0.185. The van der Waals surface area contributed by atoms with Gasteiger partial charge in [-0.05, 0) is 19.9 Å². The summed E-state index contributed by atoms with van der Waals surface area (Å²) in [6.07, 6.45) is 0. The van der Waals surface area contributed by atoms with Gasteiger partial charge in [0.2, 0.25) is 0 Å². The Morgan fingerprint density at radius 1 is 1.67 bits per heavy atom. The molecule has 0 aromatic heterocycles. The van der Waals surface area contributed by atoms with Crippen molar-refractivity contribution in [1.82, 2.24) is 4.90 Å². The summed E-state index contributed by atoms with van der Waals surface area (Å²) in [6.45, 7) is 2.12. The lowest BCUT2D eigenvalue weighted by atomic mass is 10.0. The average molecular weight is 80.9 g/mol. The van der Waals surface area contributed by atoms with Crippen molar-refractivity contribution in [2.75, 3.05) is 7.05 Å². The maximum atomic E-state index is 5.44. The van der Waals surface area contributed by atoms with Gasteiger partial charge in [-0.1, -0.05) is 0 Å². The van der Waals surface area contributed by atoms with Crippen LogP contribution in [0.15, 0.2) is 0 Å². The van der Waals surface area contributed by atoms with Crippen LogP contribution < -0.4 is 0 Å². The van der Waals surface area contributed by atoms with E-state index < -0.39 is 0 Å². The second-order valence-electron chi connectivity index (χ2n) is 1.90. The highest BCUT2D eigenvalue weighted by Gasteiger charge is 2.34. The zero-order valence-electron chi connectivity index (χ0n) is 4.18. The molecule has 0 spiro atoms. The fraction of sp³-hybridized carbons (Fsp3) is 1.00. The molecule has 0 aromatic rings. The molecule has 2 radical (unpaired) electrons. The molecule has 0 saturated carbocycles. The standard InChI is InChI=1S/C4H8BN/c1-3-4(5)6(3)2/h3-4H,1-2H3. The third-order valence-corrected chi connectivity index (χ3v) is 1.52. The first-order valence-electron chi connectivity index (χ1n) is 2.21. The fourth-order valence-electron chi connectivity index (χ4n) is 0.524. The van der Waals surface area contributed by atoms with E-state index in [4.69, 9.17) is 7.85 Å². The van der Waals surface area contributed by atoms with Gasteiger partial charge in [0.05, 0.1) is 7.85 Å². The van der Waals surface area contributed by atoms with E-state index >= 15 is 0 Å². The van der Waals surface area contributed by atoms with Gasteiger partial charge in [0, 0.05) is 6.04 Å². The first-order chi connectivity index (χ1) is 2.73. The SMILES string of the molecule is [B]C1C(C)N1C. The van der Waals surface area contributed by atoms with E-state index in [0.717, 1.165) is 0 Å². The van der Waals surface area contributed by atoms with Crippen LogP contribution in [-0.4, -0.2) is 31.8 Å². The van der Waals surface area contributed by atoms with Gasteiger partial charge in [0.15, 0.2) is 0 Å². The monoisotopic (exact) mass is 81.1 g/mol. The summed E-state index contributed by atoms with van der Waals surface area (Å²) in [5.74, 6) is 0.352. The van der Waals surface area contributed by atoms with Crippen molar-refractivity contribution < 1.29 is 0 Å². The number of likely N-dealkylation sites (N-methyl/N-ethyl adjacent to an activating group) is 1. The first-order valence-corrected chi connectivity index (χ1v) is 2.21. The average Bonchev–Trinajstić information content (AvgIpc) is 1.94. The molecule has 0 aromatic carbocycles. The number of hydrogen-bond donors (Lipinski definition) is 0. The van der Waals surface area contributed by atoms with E-state index in [-0.39, 0.29) is 0 Å². The molecule has 1 heterocycles. The van der Waals surface area contributed by atoms with Crippen LogP contribution in [0.3, 0.4) is 0 Å². The third-order valence-electron chi connectivity index (χ3n) is 1.52. The Morgan fingerprint density at radius 2 is 1.83 bits per heavy atom. The molecule has 3 unspecified atom stereocenters. The summed E-state index contributed by atoms with van der Waals surface area (Å²) in [5, 5.41) is 0. The number of nitrogens with zero attached hydrogens (tertiary/aromatic N) is 1. The largest absolute Gasteiger partial charge is 0.307 e. The molecule has 0 aliphatic carbocycles. The van der Waals surface area contributed by atoms with Crippen molar-refractivity contribution in [2.24, 2.45) is 0 Å². The van der Waals surface area contributed by atoms with Gasteiger partial charge in [0.1, 0.15) is 0 Å². The zero-order chi connectivity index (χ0) is 4.73. The van der Waals surface area contributed by atoms with E-state index in [2.05, 4.69) is 11.8 Å². The lowest BCUT2D eigenvalue weighted by Crippen LogP contribution is -1.89. The van der Waals surface area contributed by atoms with E-state index in [0.29, 0.717) is 12.0 Å². The molecule has 1 fully saturated rings. The minimum atomic E-state index is 0.352. The molecule has 1 nitrogen and oxygen atoms in total. The van der Waals surface area contributed by atoms with Gasteiger partial charge in [-0.15, -0.1) is 0 Å². The molecule has 0 amide bonds. The van der Waals surface area contributed by atoms with Crippen molar-refractivity contribution in [3.8, 4) is 0 Å². The summed E-state index contributed by atoms with van der Waals surface area (Å²) in [6, 6.07) is 0.630. The predicted molar refractivity (Wildman–Crippen MR) is 26.8 cm³/mol. The smallest absolute Gasteiger partial charge is 0.0931 e. The summed E-state index contributed by atoms with van der Waals surface area (Å²) >= 11 is 0. The molecule has 32 valence electrons. The van der Waals surface area contributed by atoms with E-state index in [1.54, 1.807) is 0 Å². The number of rotatable bonds is 0. The summed E-state index contributed by atoms with van der Waals surface area (Å²) in [4.78, 5) is 2.11.